The Morgan fingerprint density at radius 3 is 2.05 bits per heavy atom. The first-order valence-corrected chi connectivity index (χ1v) is 7.46. The van der Waals surface area contributed by atoms with Crippen molar-refractivity contribution in [2.75, 3.05) is 5.33 Å². The molecule has 1 amide bonds. The number of carbonyl (C=O) groups excluding carboxylic acids is 2. The topological polar surface area (TPSA) is 46.2 Å². The van der Waals surface area contributed by atoms with Gasteiger partial charge in [-0.1, -0.05) is 41.6 Å². The Morgan fingerprint density at radius 1 is 1.15 bits per heavy atom. The van der Waals surface area contributed by atoms with E-state index >= 15 is 0 Å². The lowest BCUT2D eigenvalue weighted by molar-refractivity contribution is -0.172. The van der Waals surface area contributed by atoms with E-state index in [1.54, 1.807) is 0 Å². The van der Waals surface area contributed by atoms with Crippen LogP contribution in [0.15, 0.2) is 0 Å². The van der Waals surface area contributed by atoms with E-state index in [4.69, 9.17) is 0 Å². The number of alkyl halides is 5. The van der Waals surface area contributed by atoms with Crippen LogP contribution >= 0.6 is 15.9 Å². The maximum Gasteiger partial charge on any atom is 0.383 e. The standard InChI is InChI=1S/C12H16BrF4NO2/c13-7-8(19)11(5-3-1-2-4-6-11)18-10(20)12(16,17)9(14)15/h9H,1-7H2,(H,18,20). The highest BCUT2D eigenvalue weighted by atomic mass is 79.9. The number of carbonyl (C=O) groups is 2. The molecule has 1 aliphatic rings. The van der Waals surface area contributed by atoms with Crippen molar-refractivity contribution in [2.24, 2.45) is 0 Å². The maximum absolute atomic E-state index is 13.0. The van der Waals surface area contributed by atoms with Gasteiger partial charge in [0.15, 0.2) is 5.78 Å². The normalized spacial score (nSPS) is 19.5. The fraction of sp³-hybridized carbons (Fsp3) is 0.833. The van der Waals surface area contributed by atoms with Gasteiger partial charge in [0, 0.05) is 0 Å². The van der Waals surface area contributed by atoms with Crippen LogP contribution in [-0.4, -0.2) is 34.9 Å². The molecule has 1 saturated carbocycles. The summed E-state index contributed by atoms with van der Waals surface area (Å²) in [6.07, 6.45) is -0.898. The Bertz CT molecular complexity index is 368. The summed E-state index contributed by atoms with van der Waals surface area (Å²) < 4.78 is 50.5. The van der Waals surface area contributed by atoms with E-state index in [1.165, 1.54) is 0 Å². The lowest BCUT2D eigenvalue weighted by atomic mass is 9.86. The molecule has 116 valence electrons. The van der Waals surface area contributed by atoms with E-state index in [0.717, 1.165) is 12.8 Å². The lowest BCUT2D eigenvalue weighted by Crippen LogP contribution is -2.59. The molecule has 0 atom stereocenters. The van der Waals surface area contributed by atoms with Crippen LogP contribution in [0, 0.1) is 0 Å². The van der Waals surface area contributed by atoms with E-state index in [2.05, 4.69) is 15.9 Å². The molecule has 0 unspecified atom stereocenters. The minimum absolute atomic E-state index is 0.118. The summed E-state index contributed by atoms with van der Waals surface area (Å²) in [5.41, 5.74) is -1.46. The Kier molecular flexibility index (Phi) is 5.97. The second-order valence-corrected chi connectivity index (χ2v) is 5.49. The number of Topliss-reactive ketones (excluding diaryl/α,β-unsaturated/α-hetero) is 1. The zero-order chi connectivity index (χ0) is 15.4. The quantitative estimate of drug-likeness (QED) is 0.464. The van der Waals surface area contributed by atoms with Gasteiger partial charge in [-0.05, 0) is 12.8 Å². The zero-order valence-electron chi connectivity index (χ0n) is 10.7. The molecular weight excluding hydrogens is 346 g/mol. The molecule has 0 aromatic carbocycles. The van der Waals surface area contributed by atoms with Gasteiger partial charge in [-0.25, -0.2) is 8.78 Å². The third-order valence-electron chi connectivity index (χ3n) is 3.54. The molecule has 0 heterocycles. The van der Waals surface area contributed by atoms with Crippen LogP contribution < -0.4 is 5.32 Å². The number of nitrogens with one attached hydrogen (secondary N) is 1. The largest absolute Gasteiger partial charge is 0.383 e. The Morgan fingerprint density at radius 2 is 1.65 bits per heavy atom. The van der Waals surface area contributed by atoms with Gasteiger partial charge in [0.05, 0.1) is 10.9 Å². The molecule has 20 heavy (non-hydrogen) atoms. The van der Waals surface area contributed by atoms with E-state index in [-0.39, 0.29) is 18.2 Å². The van der Waals surface area contributed by atoms with Crippen molar-refractivity contribution in [3.8, 4) is 0 Å². The van der Waals surface area contributed by atoms with Gasteiger partial charge in [-0.15, -0.1) is 0 Å². The third-order valence-corrected chi connectivity index (χ3v) is 4.05. The van der Waals surface area contributed by atoms with Crippen LogP contribution in [-0.2, 0) is 9.59 Å². The van der Waals surface area contributed by atoms with Crippen molar-refractivity contribution in [1.29, 1.82) is 0 Å². The van der Waals surface area contributed by atoms with E-state index < -0.39 is 29.6 Å². The Balaban J connectivity index is 2.95. The number of rotatable bonds is 5. The summed E-state index contributed by atoms with van der Waals surface area (Å²) in [4.78, 5) is 23.4. The molecule has 1 fully saturated rings. The first-order chi connectivity index (χ1) is 9.26. The molecule has 0 radical (unpaired) electrons. The van der Waals surface area contributed by atoms with Crippen LogP contribution in [0.5, 0.6) is 0 Å². The predicted molar refractivity (Wildman–Crippen MR) is 68.3 cm³/mol. The highest BCUT2D eigenvalue weighted by molar-refractivity contribution is 9.09. The highest BCUT2D eigenvalue weighted by Gasteiger charge is 2.52. The molecule has 0 aliphatic heterocycles. The fourth-order valence-corrected chi connectivity index (χ4v) is 2.87. The minimum atomic E-state index is -4.79. The second kappa shape index (κ2) is 6.87. The molecule has 8 heteroatoms. The van der Waals surface area contributed by atoms with E-state index in [9.17, 15) is 27.2 Å². The van der Waals surface area contributed by atoms with Gasteiger partial charge >= 0.3 is 12.3 Å². The van der Waals surface area contributed by atoms with Crippen LogP contribution in [0.1, 0.15) is 38.5 Å². The van der Waals surface area contributed by atoms with Crippen molar-refractivity contribution in [3.63, 3.8) is 0 Å². The average molecular weight is 362 g/mol. The zero-order valence-corrected chi connectivity index (χ0v) is 12.3. The first kappa shape index (κ1) is 17.4. The first-order valence-electron chi connectivity index (χ1n) is 6.34. The van der Waals surface area contributed by atoms with Crippen molar-refractivity contribution in [2.45, 2.75) is 56.4 Å². The van der Waals surface area contributed by atoms with Crippen molar-refractivity contribution < 1.29 is 27.2 Å². The number of ketones is 1. The van der Waals surface area contributed by atoms with Crippen molar-refractivity contribution in [1.82, 2.24) is 5.32 Å². The summed E-state index contributed by atoms with van der Waals surface area (Å²) in [5, 5.41) is 1.78. The number of halogens is 5. The average Bonchev–Trinajstić information content (AvgIpc) is 2.64. The van der Waals surface area contributed by atoms with E-state index in [1.807, 2.05) is 5.32 Å². The summed E-state index contributed by atoms with van der Waals surface area (Å²) in [6.45, 7) is 0. The Labute approximate surface area is 122 Å². The van der Waals surface area contributed by atoms with Gasteiger partial charge in [-0.2, -0.15) is 8.78 Å². The molecular formula is C12H16BrF4NO2. The molecule has 1 rings (SSSR count). The van der Waals surface area contributed by atoms with Gasteiger partial charge in [-0.3, -0.25) is 9.59 Å². The predicted octanol–water partition coefficient (Wildman–Crippen LogP) is 3.06. The SMILES string of the molecule is O=C(CBr)C1(NC(=O)C(F)(F)C(F)F)CCCCCC1. The molecule has 0 spiro atoms. The molecule has 0 bridgehead atoms. The summed E-state index contributed by atoms with van der Waals surface area (Å²) in [6, 6.07) is 0. The van der Waals surface area contributed by atoms with Crippen LogP contribution in [0.2, 0.25) is 0 Å². The molecule has 1 N–H and O–H groups in total. The highest BCUT2D eigenvalue weighted by Crippen LogP contribution is 2.31. The fourth-order valence-electron chi connectivity index (χ4n) is 2.33. The second-order valence-electron chi connectivity index (χ2n) is 4.93. The number of hydrogen-bond acceptors (Lipinski definition) is 2. The van der Waals surface area contributed by atoms with Gasteiger partial charge in [0.2, 0.25) is 0 Å². The molecule has 1 aliphatic carbocycles. The Hall–Kier alpha value is -0.660. The summed E-state index contributed by atoms with van der Waals surface area (Å²) in [5.74, 6) is -7.33. The smallest absolute Gasteiger partial charge is 0.338 e. The van der Waals surface area contributed by atoms with Crippen molar-refractivity contribution >= 4 is 27.6 Å². The molecule has 0 saturated heterocycles. The van der Waals surface area contributed by atoms with Crippen LogP contribution in [0.4, 0.5) is 17.6 Å². The van der Waals surface area contributed by atoms with E-state index in [0.29, 0.717) is 12.8 Å². The van der Waals surface area contributed by atoms with Gasteiger partial charge in [0.25, 0.3) is 5.91 Å². The maximum atomic E-state index is 13.0. The summed E-state index contributed by atoms with van der Waals surface area (Å²) in [7, 11) is 0. The van der Waals surface area contributed by atoms with Crippen LogP contribution in [0.25, 0.3) is 0 Å². The van der Waals surface area contributed by atoms with Gasteiger partial charge < -0.3 is 5.32 Å². The number of amides is 1. The number of hydrogen-bond donors (Lipinski definition) is 1. The van der Waals surface area contributed by atoms with Crippen molar-refractivity contribution in [3.05, 3.63) is 0 Å². The third kappa shape index (κ3) is 3.71. The monoisotopic (exact) mass is 361 g/mol. The van der Waals surface area contributed by atoms with Crippen LogP contribution in [0.3, 0.4) is 0 Å². The summed E-state index contributed by atoms with van der Waals surface area (Å²) >= 11 is 2.94. The molecule has 0 aromatic rings. The molecule has 3 nitrogen and oxygen atoms in total. The lowest BCUT2D eigenvalue weighted by Gasteiger charge is -2.33. The minimum Gasteiger partial charge on any atom is -0.338 e. The molecule has 0 aromatic heterocycles. The van der Waals surface area contributed by atoms with Gasteiger partial charge in [0.1, 0.15) is 0 Å².